The van der Waals surface area contributed by atoms with Gasteiger partial charge in [0, 0.05) is 30.7 Å². The van der Waals surface area contributed by atoms with E-state index < -0.39 is 11.4 Å². The van der Waals surface area contributed by atoms with Crippen LogP contribution in [0.4, 0.5) is 5.69 Å². The fourth-order valence-electron chi connectivity index (χ4n) is 3.94. The average Bonchev–Trinajstić information content (AvgIpc) is 3.31. The largest absolute Gasteiger partial charge is 0.587 e. The summed E-state index contributed by atoms with van der Waals surface area (Å²) in [6, 6.07) is 13.7. The van der Waals surface area contributed by atoms with Crippen LogP contribution in [0.2, 0.25) is 0 Å². The lowest BCUT2D eigenvalue weighted by Crippen LogP contribution is -2.28. The van der Waals surface area contributed by atoms with Crippen LogP contribution in [0.15, 0.2) is 53.7 Å². The number of nitriles is 1. The molecule has 1 aliphatic heterocycles. The van der Waals surface area contributed by atoms with E-state index in [4.69, 9.17) is 0 Å². The van der Waals surface area contributed by atoms with E-state index in [0.29, 0.717) is 22.0 Å². The molecule has 3 aromatic rings. The molecular weight excluding hydrogens is 370 g/mol. The quantitative estimate of drug-likeness (QED) is 0.673. The summed E-state index contributed by atoms with van der Waals surface area (Å²) in [5, 5.41) is 14.1. The predicted molar refractivity (Wildman–Crippen MR) is 111 cm³/mol. The maximum absolute atomic E-state index is 13.0. The summed E-state index contributed by atoms with van der Waals surface area (Å²) in [6.07, 6.45) is 4.44. The van der Waals surface area contributed by atoms with Crippen molar-refractivity contribution in [1.29, 1.82) is 5.26 Å². The third-order valence-electron chi connectivity index (χ3n) is 5.40. The zero-order valence-electron chi connectivity index (χ0n) is 16.0. The van der Waals surface area contributed by atoms with Gasteiger partial charge in [0.05, 0.1) is 17.4 Å². The Kier molecular flexibility index (Phi) is 5.27. The van der Waals surface area contributed by atoms with Crippen molar-refractivity contribution in [2.24, 2.45) is 5.92 Å². The summed E-state index contributed by atoms with van der Waals surface area (Å²) in [4.78, 5) is 7.47. The molecule has 0 amide bonds. The molecule has 1 saturated heterocycles. The molecule has 1 N–H and O–H groups in total. The van der Waals surface area contributed by atoms with Crippen molar-refractivity contribution in [2.45, 2.75) is 24.3 Å². The minimum atomic E-state index is -1.39. The van der Waals surface area contributed by atoms with E-state index in [9.17, 15) is 9.81 Å². The van der Waals surface area contributed by atoms with E-state index in [1.807, 2.05) is 36.4 Å². The van der Waals surface area contributed by atoms with Crippen LogP contribution in [0.5, 0.6) is 0 Å². The first-order chi connectivity index (χ1) is 13.6. The molecule has 1 fully saturated rings. The number of likely N-dealkylation sites (N-methyl/N-ethyl adjacent to an activating group) is 1. The van der Waals surface area contributed by atoms with Gasteiger partial charge in [-0.3, -0.25) is 0 Å². The highest BCUT2D eigenvalue weighted by molar-refractivity contribution is 7.90. The normalized spacial score (nSPS) is 20.9. The smallest absolute Gasteiger partial charge is 0.188 e. The summed E-state index contributed by atoms with van der Waals surface area (Å²) in [5.74, 6) is 0.528. The van der Waals surface area contributed by atoms with Crippen LogP contribution in [0.3, 0.4) is 0 Å². The summed E-state index contributed by atoms with van der Waals surface area (Å²) >= 11 is -1.39. The van der Waals surface area contributed by atoms with Gasteiger partial charge in [0.2, 0.25) is 0 Å². The Labute approximate surface area is 168 Å². The summed E-state index contributed by atoms with van der Waals surface area (Å²) in [6.45, 7) is 4.18. The second kappa shape index (κ2) is 7.84. The molecule has 3 unspecified atom stereocenters. The number of pyridine rings is 1. The number of aromatic nitrogens is 2. The van der Waals surface area contributed by atoms with E-state index in [-0.39, 0.29) is 6.04 Å². The predicted octanol–water partition coefficient (Wildman–Crippen LogP) is 3.23. The molecule has 3 atom stereocenters. The molecule has 0 spiro atoms. The minimum Gasteiger partial charge on any atom is -0.587 e. The molecule has 1 aromatic carbocycles. The lowest BCUT2D eigenvalue weighted by molar-refractivity contribution is 0.392. The van der Waals surface area contributed by atoms with Gasteiger partial charge in [-0.05, 0) is 31.2 Å². The monoisotopic (exact) mass is 393 g/mol. The Bertz CT molecular complexity index is 1010. The third kappa shape index (κ3) is 3.35. The number of hydrogen-bond acceptors (Lipinski definition) is 5. The SMILES string of the molecule is CCC1CN(C)CC1Nc1c(C#N)cnc2c1ccn2[S+]([O-])c1ccccc1. The van der Waals surface area contributed by atoms with Crippen LogP contribution in [-0.2, 0) is 11.4 Å². The molecule has 7 heteroatoms. The number of nitrogens with one attached hydrogen (secondary N) is 1. The number of benzene rings is 1. The van der Waals surface area contributed by atoms with Crippen LogP contribution in [0, 0.1) is 17.2 Å². The lowest BCUT2D eigenvalue weighted by atomic mass is 10.00. The van der Waals surface area contributed by atoms with Crippen molar-refractivity contribution in [2.75, 3.05) is 25.5 Å². The molecule has 0 aliphatic carbocycles. The highest BCUT2D eigenvalue weighted by Crippen LogP contribution is 2.32. The van der Waals surface area contributed by atoms with Crippen LogP contribution < -0.4 is 5.32 Å². The Morgan fingerprint density at radius 2 is 2.07 bits per heavy atom. The number of fused-ring (bicyclic) bond motifs is 1. The van der Waals surface area contributed by atoms with E-state index in [1.165, 1.54) is 0 Å². The first kappa shape index (κ1) is 18.8. The number of anilines is 1. The zero-order chi connectivity index (χ0) is 19.7. The molecule has 0 bridgehead atoms. The van der Waals surface area contributed by atoms with E-state index >= 15 is 0 Å². The van der Waals surface area contributed by atoms with E-state index in [1.54, 1.807) is 16.4 Å². The van der Waals surface area contributed by atoms with Crippen LogP contribution in [-0.4, -0.2) is 44.6 Å². The summed E-state index contributed by atoms with van der Waals surface area (Å²) in [7, 11) is 2.12. The first-order valence-electron chi connectivity index (χ1n) is 9.45. The van der Waals surface area contributed by atoms with Crippen molar-refractivity contribution < 1.29 is 4.55 Å². The molecule has 4 rings (SSSR count). The fourth-order valence-corrected chi connectivity index (χ4v) is 5.03. The minimum absolute atomic E-state index is 0.274. The highest BCUT2D eigenvalue weighted by atomic mass is 32.2. The molecule has 0 radical (unpaired) electrons. The summed E-state index contributed by atoms with van der Waals surface area (Å²) in [5.41, 5.74) is 1.92. The molecule has 6 nitrogen and oxygen atoms in total. The average molecular weight is 394 g/mol. The van der Waals surface area contributed by atoms with Crippen molar-refractivity contribution >= 4 is 28.1 Å². The standard InChI is InChI=1S/C21H23N5OS/c1-3-15-13-25(2)14-19(15)24-20-16(11-22)12-23-21-18(20)9-10-26(21)28(27)17-7-5-4-6-8-17/h4-10,12,15,19H,3,13-14H2,1-2H3,(H,23,24). The Morgan fingerprint density at radius 3 is 2.79 bits per heavy atom. The number of nitrogens with zero attached hydrogens (tertiary/aromatic N) is 4. The maximum Gasteiger partial charge on any atom is 0.188 e. The van der Waals surface area contributed by atoms with Gasteiger partial charge in [-0.25, -0.2) is 4.98 Å². The van der Waals surface area contributed by atoms with Crippen molar-refractivity contribution in [1.82, 2.24) is 13.9 Å². The Balaban J connectivity index is 1.74. The Morgan fingerprint density at radius 1 is 1.29 bits per heavy atom. The van der Waals surface area contributed by atoms with Gasteiger partial charge in [-0.2, -0.15) is 5.26 Å². The van der Waals surface area contributed by atoms with E-state index in [0.717, 1.165) is 30.6 Å². The van der Waals surface area contributed by atoms with Crippen LogP contribution in [0.1, 0.15) is 18.9 Å². The third-order valence-corrected chi connectivity index (χ3v) is 6.73. The van der Waals surface area contributed by atoms with Crippen LogP contribution >= 0.6 is 0 Å². The van der Waals surface area contributed by atoms with Gasteiger partial charge in [-0.15, -0.1) is 3.97 Å². The number of rotatable bonds is 5. The molecule has 3 heterocycles. The number of hydrogen-bond donors (Lipinski definition) is 1. The van der Waals surface area contributed by atoms with Crippen LogP contribution in [0.25, 0.3) is 11.0 Å². The van der Waals surface area contributed by atoms with E-state index in [2.05, 4.69) is 35.2 Å². The maximum atomic E-state index is 13.0. The topological polar surface area (TPSA) is 79.9 Å². The molecule has 1 aliphatic rings. The lowest BCUT2D eigenvalue weighted by Gasteiger charge is -2.21. The first-order valence-corrected chi connectivity index (χ1v) is 10.6. The molecule has 2 aromatic heterocycles. The second-order valence-corrected chi connectivity index (χ2v) is 8.60. The molecular formula is C21H23N5OS. The second-order valence-electron chi connectivity index (χ2n) is 7.24. The van der Waals surface area contributed by atoms with Gasteiger partial charge in [0.25, 0.3) is 0 Å². The fraction of sp³-hybridized carbons (Fsp3) is 0.333. The highest BCUT2D eigenvalue weighted by Gasteiger charge is 2.31. The van der Waals surface area contributed by atoms with Gasteiger partial charge >= 0.3 is 0 Å². The van der Waals surface area contributed by atoms with Gasteiger partial charge in [0.15, 0.2) is 10.5 Å². The van der Waals surface area contributed by atoms with Crippen molar-refractivity contribution in [3.05, 3.63) is 54.4 Å². The molecule has 28 heavy (non-hydrogen) atoms. The van der Waals surface area contributed by atoms with Gasteiger partial charge < -0.3 is 14.8 Å². The van der Waals surface area contributed by atoms with Crippen molar-refractivity contribution in [3.8, 4) is 6.07 Å². The Hall–Kier alpha value is -2.53. The molecule has 0 saturated carbocycles. The number of likely N-dealkylation sites (tertiary alicyclic amines) is 1. The molecule has 144 valence electrons. The van der Waals surface area contributed by atoms with Crippen molar-refractivity contribution in [3.63, 3.8) is 0 Å². The van der Waals surface area contributed by atoms with Gasteiger partial charge in [-0.1, -0.05) is 31.5 Å². The summed E-state index contributed by atoms with van der Waals surface area (Å²) < 4.78 is 14.7. The van der Waals surface area contributed by atoms with Gasteiger partial charge in [0.1, 0.15) is 17.4 Å². The zero-order valence-corrected chi connectivity index (χ0v) is 16.8.